The Morgan fingerprint density at radius 3 is 2.58 bits per heavy atom. The molecule has 0 aliphatic carbocycles. The standard InChI is InChI=1S/C14H21N3O.ClH/c18-14(12-17-10-8-15-9-11-17)16-7-6-13-4-2-1-3-5-13;/h1-5,15H,6-12H2,(H,16,18);1H. The van der Waals surface area contributed by atoms with E-state index in [9.17, 15) is 4.79 Å². The van der Waals surface area contributed by atoms with Crippen molar-refractivity contribution in [3.63, 3.8) is 0 Å². The predicted molar refractivity (Wildman–Crippen MR) is 79.7 cm³/mol. The first-order chi connectivity index (χ1) is 8.84. The number of rotatable bonds is 5. The van der Waals surface area contributed by atoms with Crippen molar-refractivity contribution in [3.8, 4) is 0 Å². The summed E-state index contributed by atoms with van der Waals surface area (Å²) in [6.07, 6.45) is 0.897. The molecule has 0 saturated carbocycles. The van der Waals surface area contributed by atoms with Gasteiger partial charge in [0.1, 0.15) is 0 Å². The minimum Gasteiger partial charge on any atom is -0.355 e. The molecule has 1 aliphatic heterocycles. The Morgan fingerprint density at radius 2 is 1.89 bits per heavy atom. The molecule has 0 spiro atoms. The molecule has 2 N–H and O–H groups in total. The predicted octanol–water partition coefficient (Wildman–Crippen LogP) is 0.672. The first-order valence-electron chi connectivity index (χ1n) is 6.58. The first kappa shape index (κ1) is 16.0. The molecule has 0 aromatic heterocycles. The van der Waals surface area contributed by atoms with Crippen molar-refractivity contribution in [2.24, 2.45) is 0 Å². The topological polar surface area (TPSA) is 44.4 Å². The molecule has 0 atom stereocenters. The molecule has 0 unspecified atom stereocenters. The van der Waals surface area contributed by atoms with Crippen LogP contribution in [0.1, 0.15) is 5.56 Å². The van der Waals surface area contributed by atoms with Gasteiger partial charge in [0.2, 0.25) is 5.91 Å². The second-order valence-corrected chi connectivity index (χ2v) is 4.61. The van der Waals surface area contributed by atoms with Gasteiger partial charge in [0.05, 0.1) is 6.54 Å². The van der Waals surface area contributed by atoms with E-state index in [0.717, 1.165) is 39.1 Å². The van der Waals surface area contributed by atoms with E-state index in [1.165, 1.54) is 5.56 Å². The summed E-state index contributed by atoms with van der Waals surface area (Å²) in [5.41, 5.74) is 1.26. The zero-order chi connectivity index (χ0) is 12.6. The molecule has 1 fully saturated rings. The van der Waals surface area contributed by atoms with Crippen molar-refractivity contribution >= 4 is 18.3 Å². The van der Waals surface area contributed by atoms with Crippen LogP contribution in [0.25, 0.3) is 0 Å². The highest BCUT2D eigenvalue weighted by Gasteiger charge is 2.12. The number of carbonyl (C=O) groups excluding carboxylic acids is 1. The molecule has 19 heavy (non-hydrogen) atoms. The highest BCUT2D eigenvalue weighted by Crippen LogP contribution is 1.98. The van der Waals surface area contributed by atoms with E-state index < -0.39 is 0 Å². The third-order valence-electron chi connectivity index (χ3n) is 3.16. The number of carbonyl (C=O) groups is 1. The SMILES string of the molecule is Cl.O=C(CN1CCNCC1)NCCc1ccccc1. The number of nitrogens with zero attached hydrogens (tertiary/aromatic N) is 1. The van der Waals surface area contributed by atoms with Crippen LogP contribution in [0, 0.1) is 0 Å². The average Bonchev–Trinajstić information content (AvgIpc) is 2.41. The van der Waals surface area contributed by atoms with Crippen molar-refractivity contribution in [1.29, 1.82) is 0 Å². The van der Waals surface area contributed by atoms with Crippen LogP contribution in [0.3, 0.4) is 0 Å². The zero-order valence-electron chi connectivity index (χ0n) is 11.1. The van der Waals surface area contributed by atoms with Crippen LogP contribution in [-0.2, 0) is 11.2 Å². The van der Waals surface area contributed by atoms with Gasteiger partial charge in [-0.05, 0) is 12.0 Å². The number of halogens is 1. The molecule has 1 aromatic rings. The Kier molecular flexibility index (Phi) is 7.48. The lowest BCUT2D eigenvalue weighted by Gasteiger charge is -2.26. The van der Waals surface area contributed by atoms with E-state index in [0.29, 0.717) is 6.54 Å². The Hall–Kier alpha value is -1.10. The van der Waals surface area contributed by atoms with Gasteiger partial charge in [0.15, 0.2) is 0 Å². The summed E-state index contributed by atoms with van der Waals surface area (Å²) < 4.78 is 0. The van der Waals surface area contributed by atoms with Gasteiger partial charge in [-0.2, -0.15) is 0 Å². The number of hydrogen-bond donors (Lipinski definition) is 2. The van der Waals surface area contributed by atoms with Crippen LogP contribution in [0.4, 0.5) is 0 Å². The van der Waals surface area contributed by atoms with Crippen LogP contribution < -0.4 is 10.6 Å². The summed E-state index contributed by atoms with van der Waals surface area (Å²) in [5.74, 6) is 0.132. The Balaban J connectivity index is 0.00000180. The summed E-state index contributed by atoms with van der Waals surface area (Å²) in [4.78, 5) is 13.9. The van der Waals surface area contributed by atoms with Crippen LogP contribution in [0.5, 0.6) is 0 Å². The van der Waals surface area contributed by atoms with Crippen LogP contribution >= 0.6 is 12.4 Å². The number of benzene rings is 1. The van der Waals surface area contributed by atoms with Crippen LogP contribution in [0.2, 0.25) is 0 Å². The fourth-order valence-corrected chi connectivity index (χ4v) is 2.12. The number of amides is 1. The van der Waals surface area contributed by atoms with Crippen LogP contribution in [0.15, 0.2) is 30.3 Å². The van der Waals surface area contributed by atoms with Gasteiger partial charge in [-0.3, -0.25) is 9.69 Å². The van der Waals surface area contributed by atoms with Gasteiger partial charge < -0.3 is 10.6 Å². The summed E-state index contributed by atoms with van der Waals surface area (Å²) in [6.45, 7) is 5.14. The van der Waals surface area contributed by atoms with E-state index in [1.807, 2.05) is 18.2 Å². The zero-order valence-corrected chi connectivity index (χ0v) is 11.9. The molecular weight excluding hydrogens is 262 g/mol. The van der Waals surface area contributed by atoms with E-state index in [4.69, 9.17) is 0 Å². The molecule has 4 nitrogen and oxygen atoms in total. The molecule has 0 bridgehead atoms. The summed E-state index contributed by atoms with van der Waals surface area (Å²) in [5, 5.41) is 6.26. The molecule has 1 aromatic carbocycles. The molecule has 1 heterocycles. The van der Waals surface area contributed by atoms with E-state index in [1.54, 1.807) is 0 Å². The molecule has 1 aliphatic rings. The van der Waals surface area contributed by atoms with Gasteiger partial charge in [-0.25, -0.2) is 0 Å². The van der Waals surface area contributed by atoms with E-state index >= 15 is 0 Å². The quantitative estimate of drug-likeness (QED) is 0.835. The lowest BCUT2D eigenvalue weighted by atomic mass is 10.1. The fourth-order valence-electron chi connectivity index (χ4n) is 2.12. The third kappa shape index (κ3) is 6.05. The normalized spacial score (nSPS) is 15.6. The van der Waals surface area contributed by atoms with Crippen molar-refractivity contribution in [2.75, 3.05) is 39.3 Å². The number of hydrogen-bond acceptors (Lipinski definition) is 3. The Morgan fingerprint density at radius 1 is 1.21 bits per heavy atom. The second kappa shape index (κ2) is 8.91. The molecule has 5 heteroatoms. The largest absolute Gasteiger partial charge is 0.355 e. The molecule has 1 amide bonds. The smallest absolute Gasteiger partial charge is 0.234 e. The lowest BCUT2D eigenvalue weighted by molar-refractivity contribution is -0.122. The van der Waals surface area contributed by atoms with Gasteiger partial charge >= 0.3 is 0 Å². The van der Waals surface area contributed by atoms with Gasteiger partial charge in [0, 0.05) is 32.7 Å². The number of nitrogens with one attached hydrogen (secondary N) is 2. The van der Waals surface area contributed by atoms with Gasteiger partial charge in [-0.15, -0.1) is 12.4 Å². The van der Waals surface area contributed by atoms with Crippen molar-refractivity contribution in [2.45, 2.75) is 6.42 Å². The molecule has 2 rings (SSSR count). The van der Waals surface area contributed by atoms with Crippen molar-refractivity contribution in [1.82, 2.24) is 15.5 Å². The minimum atomic E-state index is 0. The summed E-state index contributed by atoms with van der Waals surface area (Å²) >= 11 is 0. The Labute approximate surface area is 121 Å². The maximum atomic E-state index is 11.7. The Bertz CT molecular complexity index is 366. The molecule has 0 radical (unpaired) electrons. The average molecular weight is 284 g/mol. The monoisotopic (exact) mass is 283 g/mol. The van der Waals surface area contributed by atoms with Gasteiger partial charge in [0.25, 0.3) is 0 Å². The second-order valence-electron chi connectivity index (χ2n) is 4.61. The van der Waals surface area contributed by atoms with Crippen molar-refractivity contribution < 1.29 is 4.79 Å². The number of piperazine rings is 1. The fraction of sp³-hybridized carbons (Fsp3) is 0.500. The van der Waals surface area contributed by atoms with Crippen LogP contribution in [-0.4, -0.2) is 50.1 Å². The third-order valence-corrected chi connectivity index (χ3v) is 3.16. The lowest BCUT2D eigenvalue weighted by Crippen LogP contribution is -2.47. The summed E-state index contributed by atoms with van der Waals surface area (Å²) in [6, 6.07) is 10.2. The van der Waals surface area contributed by atoms with Gasteiger partial charge in [-0.1, -0.05) is 30.3 Å². The highest BCUT2D eigenvalue weighted by atomic mass is 35.5. The summed E-state index contributed by atoms with van der Waals surface area (Å²) in [7, 11) is 0. The van der Waals surface area contributed by atoms with E-state index in [2.05, 4.69) is 27.7 Å². The molecule has 1 saturated heterocycles. The maximum Gasteiger partial charge on any atom is 0.234 e. The maximum absolute atomic E-state index is 11.7. The minimum absolute atomic E-state index is 0. The van der Waals surface area contributed by atoms with Crippen molar-refractivity contribution in [3.05, 3.63) is 35.9 Å². The molecular formula is C14H22ClN3O. The molecule has 106 valence electrons. The van der Waals surface area contributed by atoms with E-state index in [-0.39, 0.29) is 18.3 Å². The highest BCUT2D eigenvalue weighted by molar-refractivity contribution is 5.85. The first-order valence-corrected chi connectivity index (χ1v) is 6.58.